The lowest BCUT2D eigenvalue weighted by molar-refractivity contribution is -0.597. The van der Waals surface area contributed by atoms with E-state index in [1.54, 1.807) is 0 Å². The summed E-state index contributed by atoms with van der Waals surface area (Å²) in [4.78, 5) is 14.1. The summed E-state index contributed by atoms with van der Waals surface area (Å²) in [6.07, 6.45) is 0. The van der Waals surface area contributed by atoms with Gasteiger partial charge in [0.25, 0.3) is 21.2 Å². The van der Waals surface area contributed by atoms with E-state index >= 15 is 0 Å². The van der Waals surface area contributed by atoms with Crippen LogP contribution in [-0.4, -0.2) is 26.5 Å². The number of halogens is 1. The van der Waals surface area contributed by atoms with Gasteiger partial charge in [-0.2, -0.15) is 0 Å². The molecule has 0 rings (SSSR count). The van der Waals surface area contributed by atoms with Gasteiger partial charge in [0.2, 0.25) is 0 Å². The number of carboxylic acids is 1. The summed E-state index contributed by atoms with van der Waals surface area (Å²) in [7, 11) is 0. The van der Waals surface area contributed by atoms with Gasteiger partial charge in [-0.1, -0.05) is 0 Å². The van der Waals surface area contributed by atoms with E-state index in [1.807, 2.05) is 0 Å². The average Bonchev–Trinajstić information content (AvgIpc) is 1.64. The first-order chi connectivity index (χ1) is 4.36. The van der Waals surface area contributed by atoms with E-state index in [1.165, 1.54) is 0 Å². The lowest BCUT2D eigenvalue weighted by atomic mass is 10.1. The van der Waals surface area contributed by atoms with Crippen LogP contribution in [0.4, 0.5) is 0 Å². The second-order valence-electron chi connectivity index (χ2n) is 2.22. The van der Waals surface area contributed by atoms with Gasteiger partial charge in [0.05, 0.1) is 11.6 Å². The van der Waals surface area contributed by atoms with Gasteiger partial charge in [0.1, 0.15) is 9.86 Å². The molecule has 3 nitrogen and oxygen atoms in total. The van der Waals surface area contributed by atoms with Crippen molar-refractivity contribution < 1.29 is 36.2 Å². The van der Waals surface area contributed by atoms with Crippen LogP contribution in [-0.2, 0) is 4.79 Å². The van der Waals surface area contributed by atoms with Crippen molar-refractivity contribution in [2.24, 2.45) is 0 Å². The van der Waals surface area contributed by atoms with Gasteiger partial charge < -0.3 is 15.0 Å². The topological polar surface area (TPSA) is 60.4 Å². The first-order valence-electron chi connectivity index (χ1n) is 2.64. The van der Waals surface area contributed by atoms with Crippen LogP contribution in [0.25, 0.3) is 0 Å². The van der Waals surface area contributed by atoms with Crippen molar-refractivity contribution in [1.82, 2.24) is 0 Å². The maximum Gasteiger partial charge on any atom is 0.261 e. The Morgan fingerprint density at radius 3 is 1.60 bits per heavy atom. The van der Waals surface area contributed by atoms with Crippen molar-refractivity contribution in [3.05, 3.63) is 0 Å². The standard InChI is InChI=1S/C4H8O3.C2H6I/c1-4(2,7)3(5)6;1-3-2/h7H,1-2H3,(H,5,6);1-2H3/q;+1/p-1. The quantitative estimate of drug-likeness (QED) is 0.384. The molecule has 0 aliphatic heterocycles. The molecule has 0 amide bonds. The zero-order valence-corrected chi connectivity index (χ0v) is 8.80. The zero-order chi connectivity index (χ0) is 8.78. The summed E-state index contributed by atoms with van der Waals surface area (Å²) in [5.41, 5.74) is -1.69. The van der Waals surface area contributed by atoms with Crippen molar-refractivity contribution >= 4 is 5.97 Å². The molecule has 62 valence electrons. The number of alkyl halides is 2. The van der Waals surface area contributed by atoms with Gasteiger partial charge in [0.15, 0.2) is 0 Å². The van der Waals surface area contributed by atoms with Crippen LogP contribution in [0.1, 0.15) is 13.8 Å². The van der Waals surface area contributed by atoms with Crippen LogP contribution >= 0.6 is 0 Å². The summed E-state index contributed by atoms with van der Waals surface area (Å²) in [5.74, 6) is -1.45. The Morgan fingerprint density at radius 1 is 1.50 bits per heavy atom. The number of aliphatic hydroxyl groups is 1. The fourth-order valence-electron chi connectivity index (χ4n) is 0. The molecule has 0 fully saturated rings. The van der Waals surface area contributed by atoms with Crippen LogP contribution in [0, 0.1) is 0 Å². The number of aliphatic carboxylic acids is 1. The molecule has 0 saturated carbocycles. The molecule has 0 aromatic heterocycles. The molecule has 0 bridgehead atoms. The Labute approximate surface area is 71.7 Å². The van der Waals surface area contributed by atoms with Crippen molar-refractivity contribution in [3.8, 4) is 0 Å². The lowest BCUT2D eigenvalue weighted by Crippen LogP contribution is -3.59. The molecular formula is C6H13IO3. The van der Waals surface area contributed by atoms with Crippen molar-refractivity contribution in [2.45, 2.75) is 19.4 Å². The Hall–Kier alpha value is 0.160. The van der Waals surface area contributed by atoms with Gasteiger partial charge in [-0.25, -0.2) is 0 Å². The fourth-order valence-corrected chi connectivity index (χ4v) is 0. The van der Waals surface area contributed by atoms with Crippen molar-refractivity contribution in [2.75, 3.05) is 9.86 Å². The highest BCUT2D eigenvalue weighted by Crippen LogP contribution is 1.95. The van der Waals surface area contributed by atoms with E-state index in [9.17, 15) is 9.90 Å². The Kier molecular flexibility index (Phi) is 7.56. The third kappa shape index (κ3) is 11.0. The minimum atomic E-state index is -1.69. The molecule has 0 heterocycles. The lowest BCUT2D eigenvalue weighted by Gasteiger charge is -2.16. The molecule has 0 atom stereocenters. The van der Waals surface area contributed by atoms with Gasteiger partial charge >= 0.3 is 0 Å². The molecule has 0 aromatic rings. The molecule has 1 N–H and O–H groups in total. The normalized spacial score (nSPS) is 9.70. The second kappa shape index (κ2) is 5.91. The number of hydrogen-bond acceptors (Lipinski definition) is 3. The molecule has 0 spiro atoms. The first-order valence-corrected chi connectivity index (χ1v) is 6.95. The van der Waals surface area contributed by atoms with E-state index in [2.05, 4.69) is 9.86 Å². The van der Waals surface area contributed by atoms with Gasteiger partial charge in [-0.05, 0) is 13.8 Å². The highest BCUT2D eigenvalue weighted by molar-refractivity contribution is 5.73. The second-order valence-corrected chi connectivity index (χ2v) is 4.38. The van der Waals surface area contributed by atoms with E-state index < -0.39 is 11.6 Å². The third-order valence-electron chi connectivity index (χ3n) is 0.500. The maximum atomic E-state index is 9.66. The predicted octanol–water partition coefficient (Wildman–Crippen LogP) is -4.16. The molecule has 0 aliphatic rings. The molecule has 4 heteroatoms. The molecule has 0 unspecified atom stereocenters. The average molecular weight is 260 g/mol. The van der Waals surface area contributed by atoms with E-state index in [0.29, 0.717) is 21.2 Å². The van der Waals surface area contributed by atoms with Crippen LogP contribution in [0.5, 0.6) is 0 Å². The monoisotopic (exact) mass is 260 g/mol. The SMILES string of the molecule is CC(C)(O)C(=O)[O-].C[I+]C. The number of hydrogen-bond donors (Lipinski definition) is 1. The molecule has 10 heavy (non-hydrogen) atoms. The highest BCUT2D eigenvalue weighted by atomic mass is 127. The van der Waals surface area contributed by atoms with Crippen LogP contribution < -0.4 is 26.3 Å². The summed E-state index contributed by atoms with van der Waals surface area (Å²) in [6.45, 7) is 2.31. The Balaban J connectivity index is 0. The van der Waals surface area contributed by atoms with Gasteiger partial charge in [-0.15, -0.1) is 0 Å². The van der Waals surface area contributed by atoms with Crippen molar-refractivity contribution in [1.29, 1.82) is 0 Å². The summed E-state index contributed by atoms with van der Waals surface area (Å²) in [6, 6.07) is 0. The Morgan fingerprint density at radius 2 is 1.60 bits per heavy atom. The van der Waals surface area contributed by atoms with Crippen molar-refractivity contribution in [3.63, 3.8) is 0 Å². The molecule has 0 aromatic carbocycles. The largest absolute Gasteiger partial charge is 0.547 e. The van der Waals surface area contributed by atoms with E-state index in [4.69, 9.17) is 5.11 Å². The minimum absolute atomic E-state index is 0.590. The molecule has 0 aliphatic carbocycles. The van der Waals surface area contributed by atoms with Gasteiger partial charge in [0, 0.05) is 0 Å². The summed E-state index contributed by atoms with van der Waals surface area (Å²) < 4.78 is 0. The Bertz CT molecular complexity index is 95.7. The number of carboxylic acid groups (broad SMARTS) is 1. The number of carbonyl (C=O) groups excluding carboxylic acids is 1. The molecule has 0 saturated heterocycles. The fraction of sp³-hybridized carbons (Fsp3) is 0.833. The van der Waals surface area contributed by atoms with Crippen LogP contribution in [0.15, 0.2) is 0 Å². The van der Waals surface area contributed by atoms with E-state index in [0.717, 1.165) is 13.8 Å². The maximum absolute atomic E-state index is 9.66. The highest BCUT2D eigenvalue weighted by Gasteiger charge is 2.11. The zero-order valence-electron chi connectivity index (χ0n) is 6.64. The van der Waals surface area contributed by atoms with E-state index in [-0.39, 0.29) is 0 Å². The third-order valence-corrected chi connectivity index (χ3v) is 0.500. The molecule has 0 radical (unpaired) electrons. The summed E-state index contributed by atoms with van der Waals surface area (Å²) in [5, 5.41) is 18.1. The minimum Gasteiger partial charge on any atom is -0.547 e. The molecular weight excluding hydrogens is 247 g/mol. The van der Waals surface area contributed by atoms with Crippen LogP contribution in [0.2, 0.25) is 0 Å². The first kappa shape index (κ1) is 12.8. The smallest absolute Gasteiger partial charge is 0.261 e. The van der Waals surface area contributed by atoms with Crippen LogP contribution in [0.3, 0.4) is 0 Å². The van der Waals surface area contributed by atoms with Gasteiger partial charge in [-0.3, -0.25) is 0 Å². The predicted molar refractivity (Wildman–Crippen MR) is 33.2 cm³/mol. The number of rotatable bonds is 1. The summed E-state index contributed by atoms with van der Waals surface area (Å²) >= 11 is 0.590. The number of carbonyl (C=O) groups is 1.